The first-order valence-electron chi connectivity index (χ1n) is 3.45. The summed E-state index contributed by atoms with van der Waals surface area (Å²) in [6.45, 7) is 4.69. The Morgan fingerprint density at radius 1 is 1.45 bits per heavy atom. The number of hydrogen-bond donors (Lipinski definition) is 0. The van der Waals surface area contributed by atoms with Crippen LogP contribution < -0.4 is 33.5 Å². The molecule has 11 heavy (non-hydrogen) atoms. The zero-order valence-corrected chi connectivity index (χ0v) is 8.91. The molecule has 0 saturated heterocycles. The first-order valence-corrected chi connectivity index (χ1v) is 3.45. The van der Waals surface area contributed by atoms with Crippen molar-refractivity contribution in [3.05, 3.63) is 30.1 Å². The second-order valence-corrected chi connectivity index (χ2v) is 2.09. The summed E-state index contributed by atoms with van der Waals surface area (Å²) in [5.74, 6) is 0. The minimum atomic E-state index is 0. The van der Waals surface area contributed by atoms with Crippen LogP contribution in [0.1, 0.15) is 12.6 Å². The van der Waals surface area contributed by atoms with E-state index in [9.17, 15) is 0 Å². The van der Waals surface area contributed by atoms with Crippen molar-refractivity contribution in [2.75, 3.05) is 6.61 Å². The Labute approximate surface area is 84.2 Å². The molecule has 1 rings (SSSR count). The van der Waals surface area contributed by atoms with E-state index in [1.165, 1.54) is 0 Å². The van der Waals surface area contributed by atoms with Gasteiger partial charge in [0.05, 0.1) is 0 Å². The van der Waals surface area contributed by atoms with Gasteiger partial charge in [0, 0.05) is 23.8 Å². The number of hydrogen-bond acceptors (Lipinski definition) is 1. The number of halogens is 1. The molecule has 3 heteroatoms. The number of rotatable bonds is 2. The predicted octanol–water partition coefficient (Wildman–Crippen LogP) is -2.26. The summed E-state index contributed by atoms with van der Waals surface area (Å²) in [6.07, 6.45) is 1.90. The fourth-order valence-corrected chi connectivity index (χ4v) is 0.798. The second-order valence-electron chi connectivity index (χ2n) is 2.09. The van der Waals surface area contributed by atoms with E-state index in [0.717, 1.165) is 5.69 Å². The van der Waals surface area contributed by atoms with Crippen LogP contribution in [0.25, 0.3) is 0 Å². The number of pyridine rings is 1. The van der Waals surface area contributed by atoms with Gasteiger partial charge in [-0.25, -0.2) is 0 Å². The Bertz CT molecular complexity index is 215. The summed E-state index contributed by atoms with van der Waals surface area (Å²) in [4.78, 5) is 5.25. The van der Waals surface area contributed by atoms with E-state index in [1.807, 2.05) is 38.2 Å². The smallest absolute Gasteiger partial charge is 0.231 e. The van der Waals surface area contributed by atoms with E-state index in [1.54, 1.807) is 4.73 Å². The lowest BCUT2D eigenvalue weighted by atomic mass is 10.4. The summed E-state index contributed by atoms with van der Waals surface area (Å²) in [6, 6.07) is 5.95. The van der Waals surface area contributed by atoms with Gasteiger partial charge in [0.15, 0.2) is 6.61 Å². The van der Waals surface area contributed by atoms with E-state index in [0.29, 0.717) is 6.61 Å². The summed E-state index contributed by atoms with van der Waals surface area (Å²) in [7, 11) is 0. The van der Waals surface area contributed by atoms with E-state index >= 15 is 0 Å². The minimum absolute atomic E-state index is 0. The van der Waals surface area contributed by atoms with Crippen LogP contribution >= 0.6 is 0 Å². The largest absolute Gasteiger partial charge is 1.00 e. The molecule has 0 amide bonds. The third-order valence-electron chi connectivity index (χ3n) is 1.29. The summed E-state index contributed by atoms with van der Waals surface area (Å²) in [5.41, 5.74) is 1.12. The molecule has 0 aromatic carbocycles. The number of nitrogens with zero attached hydrogens (tertiary/aromatic N) is 1. The molecule has 1 heterocycles. The van der Waals surface area contributed by atoms with Gasteiger partial charge >= 0.3 is 0 Å². The third-order valence-corrected chi connectivity index (χ3v) is 1.29. The first kappa shape index (κ1) is 10.7. The van der Waals surface area contributed by atoms with E-state index in [4.69, 9.17) is 4.84 Å². The first-order chi connectivity index (χ1) is 4.84. The molecule has 0 N–H and O–H groups in total. The highest BCUT2D eigenvalue weighted by Gasteiger charge is 2.02. The predicted molar refractivity (Wildman–Crippen MR) is 38.5 cm³/mol. The fourth-order valence-electron chi connectivity index (χ4n) is 0.798. The van der Waals surface area contributed by atoms with Crippen molar-refractivity contribution in [2.24, 2.45) is 0 Å². The van der Waals surface area contributed by atoms with Crippen LogP contribution in [0.5, 0.6) is 0 Å². The average molecular weight is 265 g/mol. The Morgan fingerprint density at radius 2 is 2.18 bits per heavy atom. The summed E-state index contributed by atoms with van der Waals surface area (Å²) in [5, 5.41) is 0. The van der Waals surface area contributed by atoms with Gasteiger partial charge in [-0.15, -0.1) is 0 Å². The highest BCUT2D eigenvalue weighted by molar-refractivity contribution is 4.93. The normalized spacial score (nSPS) is 8.55. The van der Waals surface area contributed by atoms with Gasteiger partial charge in [0.25, 0.3) is 0 Å². The van der Waals surface area contributed by atoms with Gasteiger partial charge in [0.2, 0.25) is 11.9 Å². The van der Waals surface area contributed by atoms with Gasteiger partial charge in [-0.3, -0.25) is 4.84 Å². The van der Waals surface area contributed by atoms with Crippen LogP contribution in [0.15, 0.2) is 24.4 Å². The molecule has 0 unspecified atom stereocenters. The zero-order valence-electron chi connectivity index (χ0n) is 6.75. The fraction of sp³-hybridized carbons (Fsp3) is 0.375. The van der Waals surface area contributed by atoms with E-state index in [-0.39, 0.29) is 24.0 Å². The zero-order chi connectivity index (χ0) is 7.40. The molecule has 0 spiro atoms. The maximum atomic E-state index is 5.25. The molecule has 2 nitrogen and oxygen atoms in total. The highest BCUT2D eigenvalue weighted by atomic mass is 127. The summed E-state index contributed by atoms with van der Waals surface area (Å²) >= 11 is 0. The molecule has 0 aliphatic heterocycles. The highest BCUT2D eigenvalue weighted by Crippen LogP contribution is 1.84. The standard InChI is InChI=1S/C8H12NO.HI/c1-3-10-9-7-5-4-6-8(9)2;/h4-7H,3H2,1-2H3;1H/q+1;/p-1. The minimum Gasteiger partial charge on any atom is -1.00 e. The molecule has 0 aliphatic rings. The topological polar surface area (TPSA) is 13.1 Å². The molecular formula is C8H12INO. The maximum absolute atomic E-state index is 5.25. The quantitative estimate of drug-likeness (QED) is 0.434. The molecule has 0 radical (unpaired) electrons. The number of aromatic nitrogens is 1. The van der Waals surface area contributed by atoms with Crippen molar-refractivity contribution < 1.29 is 33.5 Å². The van der Waals surface area contributed by atoms with Gasteiger partial charge < -0.3 is 24.0 Å². The monoisotopic (exact) mass is 265 g/mol. The summed E-state index contributed by atoms with van der Waals surface area (Å²) < 4.78 is 1.76. The lowest BCUT2D eigenvalue weighted by Crippen LogP contribution is -3.00. The molecule has 0 atom stereocenters. The Morgan fingerprint density at radius 3 is 2.73 bits per heavy atom. The average Bonchev–Trinajstić information content (AvgIpc) is 1.94. The van der Waals surface area contributed by atoms with Gasteiger partial charge in [-0.05, 0) is 13.0 Å². The van der Waals surface area contributed by atoms with Crippen LogP contribution in [0.2, 0.25) is 0 Å². The lowest BCUT2D eigenvalue weighted by molar-refractivity contribution is -0.894. The Kier molecular flexibility index (Phi) is 5.19. The van der Waals surface area contributed by atoms with Crippen LogP contribution in [-0.4, -0.2) is 6.61 Å². The molecule has 0 aliphatic carbocycles. The van der Waals surface area contributed by atoms with Crippen molar-refractivity contribution in [1.82, 2.24) is 0 Å². The van der Waals surface area contributed by atoms with Crippen molar-refractivity contribution in [1.29, 1.82) is 0 Å². The van der Waals surface area contributed by atoms with E-state index < -0.39 is 0 Å². The van der Waals surface area contributed by atoms with Crippen molar-refractivity contribution >= 4 is 0 Å². The van der Waals surface area contributed by atoms with Crippen LogP contribution in [0.4, 0.5) is 0 Å². The van der Waals surface area contributed by atoms with Crippen LogP contribution in [-0.2, 0) is 0 Å². The van der Waals surface area contributed by atoms with Gasteiger partial charge in [-0.2, -0.15) is 0 Å². The van der Waals surface area contributed by atoms with Crippen LogP contribution in [0, 0.1) is 6.92 Å². The molecule has 0 bridgehead atoms. The molecule has 0 fully saturated rings. The van der Waals surface area contributed by atoms with Crippen LogP contribution in [0.3, 0.4) is 0 Å². The Hall–Kier alpha value is -0.320. The van der Waals surface area contributed by atoms with Crippen molar-refractivity contribution in [3.8, 4) is 0 Å². The maximum Gasteiger partial charge on any atom is 0.231 e. The van der Waals surface area contributed by atoms with E-state index in [2.05, 4.69) is 0 Å². The third kappa shape index (κ3) is 3.05. The molecule has 1 aromatic rings. The molecular weight excluding hydrogens is 253 g/mol. The number of aryl methyl sites for hydroxylation is 1. The van der Waals surface area contributed by atoms with Crippen molar-refractivity contribution in [2.45, 2.75) is 13.8 Å². The second kappa shape index (κ2) is 5.35. The molecule has 62 valence electrons. The Balaban J connectivity index is 0.000001000. The van der Waals surface area contributed by atoms with Crippen molar-refractivity contribution in [3.63, 3.8) is 0 Å². The van der Waals surface area contributed by atoms with Gasteiger partial charge in [0.1, 0.15) is 0 Å². The SMILES string of the molecule is CCO[n+]1ccccc1C.[I-]. The molecule has 1 aromatic heterocycles. The van der Waals surface area contributed by atoms with Gasteiger partial charge in [-0.1, -0.05) is 0 Å². The molecule has 0 saturated carbocycles. The lowest BCUT2D eigenvalue weighted by Gasteiger charge is -1.94.